The second-order valence-corrected chi connectivity index (χ2v) is 6.18. The van der Waals surface area contributed by atoms with Crippen LogP contribution in [-0.4, -0.2) is 22.5 Å². The van der Waals surface area contributed by atoms with Gasteiger partial charge in [0.15, 0.2) is 0 Å². The van der Waals surface area contributed by atoms with Crippen LogP contribution in [0.5, 0.6) is 5.75 Å². The predicted octanol–water partition coefficient (Wildman–Crippen LogP) is 3.50. The number of fused-ring (bicyclic) bond motifs is 1. The second kappa shape index (κ2) is 6.43. The highest BCUT2D eigenvalue weighted by Crippen LogP contribution is 2.28. The molecule has 0 radical (unpaired) electrons. The van der Waals surface area contributed by atoms with Crippen molar-refractivity contribution in [1.29, 1.82) is 0 Å². The van der Waals surface area contributed by atoms with Crippen molar-refractivity contribution in [3.05, 3.63) is 77.4 Å². The molecule has 0 fully saturated rings. The van der Waals surface area contributed by atoms with E-state index in [9.17, 15) is 4.79 Å². The molecule has 1 aliphatic heterocycles. The third-order valence-corrected chi connectivity index (χ3v) is 4.47. The first kappa shape index (κ1) is 15.4. The fraction of sp³-hybridized carbons (Fsp3) is 0.200. The molecule has 0 atom stereocenters. The van der Waals surface area contributed by atoms with Crippen molar-refractivity contribution >= 4 is 11.6 Å². The van der Waals surface area contributed by atoms with Gasteiger partial charge in [0.25, 0.3) is 5.91 Å². The van der Waals surface area contributed by atoms with Gasteiger partial charge in [-0.2, -0.15) is 0 Å². The number of para-hydroxylation sites is 1. The minimum Gasteiger partial charge on any atom is -0.493 e. The fourth-order valence-electron chi connectivity index (χ4n) is 3.15. The lowest BCUT2D eigenvalue weighted by molar-refractivity contribution is 0.0984. The van der Waals surface area contributed by atoms with Crippen molar-refractivity contribution in [1.82, 2.24) is 9.97 Å². The summed E-state index contributed by atoms with van der Waals surface area (Å²) in [5.41, 5.74) is 4.61. The number of hydrogen-bond donors (Lipinski definition) is 1. The van der Waals surface area contributed by atoms with Crippen LogP contribution in [0.4, 0.5) is 5.69 Å². The Labute approximate surface area is 146 Å². The second-order valence-electron chi connectivity index (χ2n) is 6.18. The van der Waals surface area contributed by atoms with Crippen LogP contribution >= 0.6 is 0 Å². The Morgan fingerprint density at radius 1 is 1.28 bits per heavy atom. The molecule has 0 saturated heterocycles. The summed E-state index contributed by atoms with van der Waals surface area (Å²) in [5.74, 6) is 0.853. The molecule has 25 heavy (non-hydrogen) atoms. The number of benzene rings is 2. The van der Waals surface area contributed by atoms with Crippen molar-refractivity contribution in [2.75, 3.05) is 11.5 Å². The third kappa shape index (κ3) is 3.01. The smallest absolute Gasteiger partial charge is 0.258 e. The largest absolute Gasteiger partial charge is 0.493 e. The number of ether oxygens (including phenoxy) is 1. The number of amides is 1. The van der Waals surface area contributed by atoms with Gasteiger partial charge >= 0.3 is 0 Å². The van der Waals surface area contributed by atoms with Crippen molar-refractivity contribution in [3.63, 3.8) is 0 Å². The molecule has 2 aromatic carbocycles. The molecule has 0 unspecified atom stereocenters. The molecule has 3 aromatic rings. The standard InChI is InChI=1S/C20H19N3O2/c1-14-4-2-3-5-18(14)23(12-17-11-21-13-22-17)20(24)16-6-7-19-15(10-16)8-9-25-19/h2-7,10-11,13H,8-9,12H2,1H3,(H,21,22). The molecule has 5 nitrogen and oxygen atoms in total. The van der Waals surface area contributed by atoms with Crippen molar-refractivity contribution < 1.29 is 9.53 Å². The van der Waals surface area contributed by atoms with E-state index in [1.165, 1.54) is 0 Å². The Morgan fingerprint density at radius 2 is 2.16 bits per heavy atom. The monoisotopic (exact) mass is 333 g/mol. The molecule has 1 aliphatic rings. The van der Waals surface area contributed by atoms with E-state index in [4.69, 9.17) is 4.74 Å². The molecular formula is C20H19N3O2. The summed E-state index contributed by atoms with van der Waals surface area (Å²) in [4.78, 5) is 22.2. The van der Waals surface area contributed by atoms with Crippen LogP contribution in [0.25, 0.3) is 0 Å². The summed E-state index contributed by atoms with van der Waals surface area (Å²) in [6.07, 6.45) is 4.22. The number of imidazole rings is 1. The van der Waals surface area contributed by atoms with E-state index >= 15 is 0 Å². The van der Waals surface area contributed by atoms with Gasteiger partial charge in [0.2, 0.25) is 0 Å². The summed E-state index contributed by atoms with van der Waals surface area (Å²) in [6.45, 7) is 3.14. The molecule has 1 amide bonds. The molecule has 0 spiro atoms. The van der Waals surface area contributed by atoms with Gasteiger partial charge in [0.05, 0.1) is 25.2 Å². The highest BCUT2D eigenvalue weighted by atomic mass is 16.5. The summed E-state index contributed by atoms with van der Waals surface area (Å²) in [5, 5.41) is 0. The van der Waals surface area contributed by atoms with Gasteiger partial charge in [-0.15, -0.1) is 0 Å². The Hall–Kier alpha value is -3.08. The lowest BCUT2D eigenvalue weighted by Crippen LogP contribution is -2.31. The Morgan fingerprint density at radius 3 is 2.96 bits per heavy atom. The van der Waals surface area contributed by atoms with Gasteiger partial charge in [0.1, 0.15) is 5.75 Å². The molecule has 0 bridgehead atoms. The van der Waals surface area contributed by atoms with E-state index in [-0.39, 0.29) is 5.91 Å². The third-order valence-electron chi connectivity index (χ3n) is 4.47. The lowest BCUT2D eigenvalue weighted by atomic mass is 10.1. The average Bonchev–Trinajstić information content (AvgIpc) is 3.30. The predicted molar refractivity (Wildman–Crippen MR) is 95.9 cm³/mol. The minimum absolute atomic E-state index is 0.0291. The van der Waals surface area contributed by atoms with Crippen LogP contribution in [-0.2, 0) is 13.0 Å². The highest BCUT2D eigenvalue weighted by Gasteiger charge is 2.22. The zero-order chi connectivity index (χ0) is 17.2. The van der Waals surface area contributed by atoms with Gasteiger partial charge < -0.3 is 14.6 Å². The first-order valence-corrected chi connectivity index (χ1v) is 8.33. The van der Waals surface area contributed by atoms with Crippen molar-refractivity contribution in [3.8, 4) is 5.75 Å². The zero-order valence-electron chi connectivity index (χ0n) is 14.0. The number of aromatic nitrogens is 2. The van der Waals surface area contributed by atoms with Gasteiger partial charge in [0, 0.05) is 23.9 Å². The summed E-state index contributed by atoms with van der Waals surface area (Å²) in [7, 11) is 0. The number of aryl methyl sites for hydroxylation is 1. The maximum atomic E-state index is 13.3. The molecule has 2 heterocycles. The topological polar surface area (TPSA) is 58.2 Å². The fourth-order valence-corrected chi connectivity index (χ4v) is 3.15. The molecule has 0 aliphatic carbocycles. The van der Waals surface area contributed by atoms with Crippen LogP contribution in [0.15, 0.2) is 55.0 Å². The minimum atomic E-state index is -0.0291. The van der Waals surface area contributed by atoms with Gasteiger partial charge in [-0.25, -0.2) is 4.98 Å². The van der Waals surface area contributed by atoms with E-state index in [1.54, 1.807) is 17.4 Å². The SMILES string of the molecule is Cc1ccccc1N(Cc1cnc[nH]1)C(=O)c1ccc2c(c1)CCO2. The molecule has 1 aromatic heterocycles. The van der Waals surface area contributed by atoms with E-state index in [0.29, 0.717) is 18.7 Å². The van der Waals surface area contributed by atoms with Gasteiger partial charge in [-0.3, -0.25) is 4.79 Å². The number of nitrogens with zero attached hydrogens (tertiary/aromatic N) is 2. The van der Waals surface area contributed by atoms with E-state index in [0.717, 1.165) is 34.7 Å². The molecule has 4 rings (SSSR count). The van der Waals surface area contributed by atoms with E-state index in [1.807, 2.05) is 49.4 Å². The molecular weight excluding hydrogens is 314 g/mol. The van der Waals surface area contributed by atoms with Crippen molar-refractivity contribution in [2.45, 2.75) is 19.9 Å². The average molecular weight is 333 g/mol. The Kier molecular flexibility index (Phi) is 3.98. The molecule has 0 saturated carbocycles. The highest BCUT2D eigenvalue weighted by molar-refractivity contribution is 6.06. The number of carbonyl (C=O) groups is 1. The Bertz CT molecular complexity index is 903. The van der Waals surface area contributed by atoms with Crippen LogP contribution in [0.2, 0.25) is 0 Å². The molecule has 1 N–H and O–H groups in total. The lowest BCUT2D eigenvalue weighted by Gasteiger charge is -2.24. The number of anilines is 1. The quantitative estimate of drug-likeness (QED) is 0.795. The number of carbonyl (C=O) groups excluding carboxylic acids is 1. The first-order chi connectivity index (χ1) is 12.2. The van der Waals surface area contributed by atoms with Gasteiger partial charge in [-0.1, -0.05) is 18.2 Å². The van der Waals surface area contributed by atoms with E-state index < -0.39 is 0 Å². The normalized spacial score (nSPS) is 12.5. The number of hydrogen-bond acceptors (Lipinski definition) is 3. The van der Waals surface area contributed by atoms with Gasteiger partial charge in [-0.05, 0) is 42.3 Å². The van der Waals surface area contributed by atoms with Crippen LogP contribution in [0, 0.1) is 6.92 Å². The molecule has 126 valence electrons. The summed E-state index contributed by atoms with van der Waals surface area (Å²) >= 11 is 0. The number of aromatic amines is 1. The van der Waals surface area contributed by atoms with E-state index in [2.05, 4.69) is 9.97 Å². The first-order valence-electron chi connectivity index (χ1n) is 8.33. The van der Waals surface area contributed by atoms with Crippen LogP contribution in [0.3, 0.4) is 0 Å². The molecule has 5 heteroatoms. The maximum absolute atomic E-state index is 13.3. The van der Waals surface area contributed by atoms with Crippen LogP contribution < -0.4 is 9.64 Å². The number of nitrogens with one attached hydrogen (secondary N) is 1. The Balaban J connectivity index is 1.72. The van der Waals surface area contributed by atoms with Crippen molar-refractivity contribution in [2.24, 2.45) is 0 Å². The van der Waals surface area contributed by atoms with Crippen LogP contribution in [0.1, 0.15) is 27.2 Å². The number of rotatable bonds is 4. The maximum Gasteiger partial charge on any atom is 0.258 e. The summed E-state index contributed by atoms with van der Waals surface area (Å²) < 4.78 is 5.54. The zero-order valence-corrected chi connectivity index (χ0v) is 14.0. The number of H-pyrrole nitrogens is 1. The summed E-state index contributed by atoms with van der Waals surface area (Å²) in [6, 6.07) is 13.6.